The zero-order valence-electron chi connectivity index (χ0n) is 15.8. The largest absolute Gasteiger partial charge is 0.467 e. The SMILES string of the molecule is COC(=O)[C@@H]1CCCN1C(=O)c1cccc(S(=O)(=O)N2CCCC[C@@H]2C)c1. The number of carbonyl (C=O) groups is 2. The fraction of sp³-hybridized carbons (Fsp3) is 0.579. The van der Waals surface area contributed by atoms with E-state index < -0.39 is 22.0 Å². The van der Waals surface area contributed by atoms with E-state index in [1.807, 2.05) is 6.92 Å². The van der Waals surface area contributed by atoms with Crippen LogP contribution in [0.4, 0.5) is 0 Å². The number of amides is 1. The molecule has 1 aromatic carbocycles. The summed E-state index contributed by atoms with van der Waals surface area (Å²) in [7, 11) is -2.35. The van der Waals surface area contributed by atoms with Gasteiger partial charge in [-0.1, -0.05) is 12.5 Å². The molecule has 0 N–H and O–H groups in total. The third kappa shape index (κ3) is 3.87. The molecule has 0 unspecified atom stereocenters. The van der Waals surface area contributed by atoms with Crippen molar-refractivity contribution < 1.29 is 22.7 Å². The number of ether oxygens (including phenoxy) is 1. The van der Waals surface area contributed by atoms with Gasteiger partial charge in [0.25, 0.3) is 5.91 Å². The molecular formula is C19H26N2O5S. The van der Waals surface area contributed by atoms with Crippen molar-refractivity contribution in [3.8, 4) is 0 Å². The molecule has 7 nitrogen and oxygen atoms in total. The maximum absolute atomic E-state index is 13.0. The van der Waals surface area contributed by atoms with Crippen molar-refractivity contribution >= 4 is 21.9 Å². The van der Waals surface area contributed by atoms with Crippen molar-refractivity contribution in [2.75, 3.05) is 20.2 Å². The standard InChI is InChI=1S/C19H26N2O5S/c1-14-7-3-4-12-21(14)27(24,25)16-9-5-8-15(13-16)18(22)20-11-6-10-17(20)19(23)26-2/h5,8-9,13-14,17H,3-4,6-7,10-12H2,1-2H3/t14-,17-/m0/s1. The molecular weight excluding hydrogens is 368 g/mol. The summed E-state index contributed by atoms with van der Waals surface area (Å²) in [6.07, 6.45) is 3.98. The van der Waals surface area contributed by atoms with E-state index in [0.717, 1.165) is 25.7 Å². The van der Waals surface area contributed by atoms with Crippen LogP contribution in [0.5, 0.6) is 0 Å². The minimum atomic E-state index is -3.65. The second-order valence-electron chi connectivity index (χ2n) is 7.17. The number of benzene rings is 1. The van der Waals surface area contributed by atoms with Gasteiger partial charge in [-0.25, -0.2) is 13.2 Å². The lowest BCUT2D eigenvalue weighted by molar-refractivity contribution is -0.145. The van der Waals surface area contributed by atoms with Crippen LogP contribution in [0.1, 0.15) is 49.4 Å². The molecule has 2 aliphatic rings. The van der Waals surface area contributed by atoms with Crippen LogP contribution in [0, 0.1) is 0 Å². The van der Waals surface area contributed by atoms with E-state index >= 15 is 0 Å². The first kappa shape index (κ1) is 19.8. The molecule has 2 fully saturated rings. The third-order valence-electron chi connectivity index (χ3n) is 5.42. The molecule has 3 rings (SSSR count). The van der Waals surface area contributed by atoms with E-state index in [1.165, 1.54) is 28.4 Å². The lowest BCUT2D eigenvalue weighted by Gasteiger charge is -2.32. The average Bonchev–Trinajstić information content (AvgIpc) is 3.17. The molecule has 2 heterocycles. The second-order valence-corrected chi connectivity index (χ2v) is 9.06. The van der Waals surface area contributed by atoms with Gasteiger partial charge in [-0.3, -0.25) is 4.79 Å². The summed E-state index contributed by atoms with van der Waals surface area (Å²) in [6.45, 7) is 2.87. The summed E-state index contributed by atoms with van der Waals surface area (Å²) in [6, 6.07) is 5.46. The van der Waals surface area contributed by atoms with E-state index in [0.29, 0.717) is 19.5 Å². The summed E-state index contributed by atoms with van der Waals surface area (Å²) in [5.74, 6) is -0.779. The maximum atomic E-state index is 13.0. The molecule has 148 valence electrons. The number of likely N-dealkylation sites (tertiary alicyclic amines) is 1. The fourth-order valence-electron chi connectivity index (χ4n) is 3.91. The number of hydrogen-bond donors (Lipinski definition) is 0. The lowest BCUT2D eigenvalue weighted by atomic mass is 10.1. The molecule has 0 aliphatic carbocycles. The fourth-order valence-corrected chi connectivity index (χ4v) is 5.66. The highest BCUT2D eigenvalue weighted by atomic mass is 32.2. The number of piperidine rings is 1. The van der Waals surface area contributed by atoms with Crippen LogP contribution in [-0.4, -0.2) is 61.8 Å². The van der Waals surface area contributed by atoms with Crippen LogP contribution >= 0.6 is 0 Å². The highest BCUT2D eigenvalue weighted by Gasteiger charge is 2.36. The van der Waals surface area contributed by atoms with Gasteiger partial charge in [0.15, 0.2) is 0 Å². The van der Waals surface area contributed by atoms with Gasteiger partial charge in [0.05, 0.1) is 12.0 Å². The molecule has 0 spiro atoms. The number of nitrogens with zero attached hydrogens (tertiary/aromatic N) is 2. The predicted octanol–water partition coefficient (Wildman–Crippen LogP) is 2.03. The van der Waals surface area contributed by atoms with Gasteiger partial charge in [0.2, 0.25) is 10.0 Å². The van der Waals surface area contributed by atoms with Crippen LogP contribution in [-0.2, 0) is 19.6 Å². The molecule has 0 aromatic heterocycles. The van der Waals surface area contributed by atoms with E-state index in [4.69, 9.17) is 4.74 Å². The summed E-state index contributed by atoms with van der Waals surface area (Å²) in [5, 5.41) is 0. The lowest BCUT2D eigenvalue weighted by Crippen LogP contribution is -2.42. The first-order chi connectivity index (χ1) is 12.9. The Kier molecular flexibility index (Phi) is 5.86. The van der Waals surface area contributed by atoms with E-state index in [2.05, 4.69) is 0 Å². The zero-order chi connectivity index (χ0) is 19.6. The number of hydrogen-bond acceptors (Lipinski definition) is 5. The van der Waals surface area contributed by atoms with Crippen molar-refractivity contribution in [1.82, 2.24) is 9.21 Å². The van der Waals surface area contributed by atoms with Gasteiger partial charge in [0, 0.05) is 24.7 Å². The molecule has 0 bridgehead atoms. The average molecular weight is 394 g/mol. The Morgan fingerprint density at radius 3 is 2.59 bits per heavy atom. The summed E-state index contributed by atoms with van der Waals surface area (Å²) in [5.41, 5.74) is 0.275. The van der Waals surface area contributed by atoms with Crippen molar-refractivity contribution in [3.63, 3.8) is 0 Å². The van der Waals surface area contributed by atoms with Gasteiger partial charge in [-0.05, 0) is 50.8 Å². The van der Waals surface area contributed by atoms with Crippen LogP contribution in [0.2, 0.25) is 0 Å². The Balaban J connectivity index is 1.87. The van der Waals surface area contributed by atoms with Gasteiger partial charge >= 0.3 is 5.97 Å². The monoisotopic (exact) mass is 394 g/mol. The molecule has 27 heavy (non-hydrogen) atoms. The quantitative estimate of drug-likeness (QED) is 0.730. The molecule has 2 aliphatic heterocycles. The molecule has 2 saturated heterocycles. The normalized spacial score (nSPS) is 24.0. The Morgan fingerprint density at radius 1 is 1.11 bits per heavy atom. The van der Waals surface area contributed by atoms with Crippen molar-refractivity contribution in [2.24, 2.45) is 0 Å². The van der Waals surface area contributed by atoms with Gasteiger partial charge in [0.1, 0.15) is 6.04 Å². The smallest absolute Gasteiger partial charge is 0.328 e. The number of carbonyl (C=O) groups excluding carboxylic acids is 2. The highest BCUT2D eigenvalue weighted by molar-refractivity contribution is 7.89. The minimum Gasteiger partial charge on any atom is -0.467 e. The Bertz CT molecular complexity index is 823. The molecule has 8 heteroatoms. The molecule has 0 saturated carbocycles. The first-order valence-electron chi connectivity index (χ1n) is 9.37. The first-order valence-corrected chi connectivity index (χ1v) is 10.8. The predicted molar refractivity (Wildman–Crippen MR) is 99.7 cm³/mol. The number of sulfonamides is 1. The Hall–Kier alpha value is -1.93. The highest BCUT2D eigenvalue weighted by Crippen LogP contribution is 2.27. The van der Waals surface area contributed by atoms with E-state index in [1.54, 1.807) is 12.1 Å². The van der Waals surface area contributed by atoms with E-state index in [-0.39, 0.29) is 22.4 Å². The third-order valence-corrected chi connectivity index (χ3v) is 7.43. The van der Waals surface area contributed by atoms with Crippen molar-refractivity contribution in [1.29, 1.82) is 0 Å². The van der Waals surface area contributed by atoms with Crippen LogP contribution in [0.3, 0.4) is 0 Å². The molecule has 1 amide bonds. The molecule has 1 aromatic rings. The van der Waals surface area contributed by atoms with Gasteiger partial charge in [-0.2, -0.15) is 4.31 Å². The van der Waals surface area contributed by atoms with E-state index in [9.17, 15) is 18.0 Å². The minimum absolute atomic E-state index is 0.0506. The Morgan fingerprint density at radius 2 is 1.89 bits per heavy atom. The van der Waals surface area contributed by atoms with Crippen LogP contribution in [0.15, 0.2) is 29.2 Å². The molecule has 2 atom stereocenters. The summed E-state index contributed by atoms with van der Waals surface area (Å²) < 4.78 is 32.4. The zero-order valence-corrected chi connectivity index (χ0v) is 16.6. The summed E-state index contributed by atoms with van der Waals surface area (Å²) >= 11 is 0. The van der Waals surface area contributed by atoms with Gasteiger partial charge in [-0.15, -0.1) is 0 Å². The Labute approximate surface area is 160 Å². The second kappa shape index (κ2) is 7.98. The van der Waals surface area contributed by atoms with Crippen LogP contribution < -0.4 is 0 Å². The number of esters is 1. The number of rotatable bonds is 4. The summed E-state index contributed by atoms with van der Waals surface area (Å²) in [4.78, 5) is 26.4. The van der Waals surface area contributed by atoms with Crippen molar-refractivity contribution in [3.05, 3.63) is 29.8 Å². The topological polar surface area (TPSA) is 84.0 Å². The van der Waals surface area contributed by atoms with Crippen molar-refractivity contribution in [2.45, 2.75) is 56.0 Å². The maximum Gasteiger partial charge on any atom is 0.328 e. The number of methoxy groups -OCH3 is 1. The van der Waals surface area contributed by atoms with Crippen LogP contribution in [0.25, 0.3) is 0 Å². The molecule has 0 radical (unpaired) electrons. The van der Waals surface area contributed by atoms with Gasteiger partial charge < -0.3 is 9.64 Å².